The molecule has 100 valence electrons. The molecule has 0 fully saturated rings. The third kappa shape index (κ3) is 4.91. The number of carbonyl (C=O) groups is 1. The molecule has 0 aromatic heterocycles. The van der Waals surface area contributed by atoms with Gasteiger partial charge in [-0.2, -0.15) is 0 Å². The smallest absolute Gasteiger partial charge is 0.234 e. The molecular formula is C11H15FN2O3S. The summed E-state index contributed by atoms with van der Waals surface area (Å²) in [6, 6.07) is 3.71. The Labute approximate surface area is 108 Å². The monoisotopic (exact) mass is 274 g/mol. The second-order valence-electron chi connectivity index (χ2n) is 3.63. The highest BCUT2D eigenvalue weighted by Crippen LogP contribution is 2.19. The summed E-state index contributed by atoms with van der Waals surface area (Å²) >= 11 is 1.19. The molecule has 1 aromatic rings. The Morgan fingerprint density at radius 2 is 2.28 bits per heavy atom. The number of benzene rings is 1. The number of aliphatic hydroxyl groups excluding tert-OH is 2. The number of aliphatic hydroxyl groups is 2. The first-order valence-electron chi connectivity index (χ1n) is 5.24. The SMILES string of the molecule is Nc1cc(F)ccc1NC(=O)CSCC(O)CO. The zero-order valence-electron chi connectivity index (χ0n) is 9.60. The van der Waals surface area contributed by atoms with Gasteiger partial charge in [-0.25, -0.2) is 4.39 Å². The molecule has 0 aliphatic rings. The first kappa shape index (κ1) is 14.7. The lowest BCUT2D eigenvalue weighted by atomic mass is 10.2. The Balaban J connectivity index is 2.40. The van der Waals surface area contributed by atoms with Crippen LogP contribution in [0.25, 0.3) is 0 Å². The molecule has 0 bridgehead atoms. The lowest BCUT2D eigenvalue weighted by Gasteiger charge is -2.09. The summed E-state index contributed by atoms with van der Waals surface area (Å²) < 4.78 is 12.8. The highest BCUT2D eigenvalue weighted by Gasteiger charge is 2.08. The van der Waals surface area contributed by atoms with Crippen molar-refractivity contribution < 1.29 is 19.4 Å². The largest absolute Gasteiger partial charge is 0.397 e. The number of amides is 1. The van der Waals surface area contributed by atoms with E-state index < -0.39 is 11.9 Å². The predicted octanol–water partition coefficient (Wildman–Crippen LogP) is 0.433. The Morgan fingerprint density at radius 3 is 2.89 bits per heavy atom. The summed E-state index contributed by atoms with van der Waals surface area (Å²) in [7, 11) is 0. The van der Waals surface area contributed by atoms with E-state index >= 15 is 0 Å². The van der Waals surface area contributed by atoms with E-state index in [4.69, 9.17) is 15.9 Å². The molecule has 1 atom stereocenters. The maximum atomic E-state index is 12.8. The van der Waals surface area contributed by atoms with Crippen LogP contribution < -0.4 is 11.1 Å². The second kappa shape index (κ2) is 7.20. The Morgan fingerprint density at radius 1 is 1.56 bits per heavy atom. The number of carbonyl (C=O) groups excluding carboxylic acids is 1. The zero-order valence-corrected chi connectivity index (χ0v) is 10.4. The summed E-state index contributed by atoms with van der Waals surface area (Å²) in [5.41, 5.74) is 6.04. The number of nitrogens with two attached hydrogens (primary N) is 1. The van der Waals surface area contributed by atoms with Gasteiger partial charge in [0.2, 0.25) is 5.91 Å². The van der Waals surface area contributed by atoms with Gasteiger partial charge >= 0.3 is 0 Å². The van der Waals surface area contributed by atoms with E-state index in [0.717, 1.165) is 6.07 Å². The van der Waals surface area contributed by atoms with E-state index in [1.807, 2.05) is 0 Å². The minimum atomic E-state index is -0.835. The van der Waals surface area contributed by atoms with Crippen LogP contribution in [0.3, 0.4) is 0 Å². The molecule has 1 aromatic carbocycles. The lowest BCUT2D eigenvalue weighted by molar-refractivity contribution is -0.113. The molecule has 0 saturated carbocycles. The highest BCUT2D eigenvalue weighted by atomic mass is 32.2. The van der Waals surface area contributed by atoms with Gasteiger partial charge in [-0.05, 0) is 18.2 Å². The van der Waals surface area contributed by atoms with E-state index in [1.165, 1.54) is 23.9 Å². The van der Waals surface area contributed by atoms with Gasteiger partial charge in [0.1, 0.15) is 5.82 Å². The topological polar surface area (TPSA) is 95.6 Å². The van der Waals surface area contributed by atoms with E-state index in [9.17, 15) is 9.18 Å². The molecule has 1 rings (SSSR count). The summed E-state index contributed by atoms with van der Waals surface area (Å²) in [6.45, 7) is -0.334. The van der Waals surface area contributed by atoms with Crippen LogP contribution in [0.4, 0.5) is 15.8 Å². The van der Waals surface area contributed by atoms with Crippen molar-refractivity contribution in [3.8, 4) is 0 Å². The first-order valence-corrected chi connectivity index (χ1v) is 6.40. The van der Waals surface area contributed by atoms with Crippen molar-refractivity contribution in [2.75, 3.05) is 29.2 Å². The highest BCUT2D eigenvalue weighted by molar-refractivity contribution is 8.00. The van der Waals surface area contributed by atoms with Crippen molar-refractivity contribution in [3.63, 3.8) is 0 Å². The number of halogens is 1. The molecule has 0 aliphatic carbocycles. The van der Waals surface area contributed by atoms with Gasteiger partial charge < -0.3 is 21.3 Å². The van der Waals surface area contributed by atoms with Crippen LogP contribution in [-0.4, -0.2) is 40.3 Å². The first-order chi connectivity index (χ1) is 8.52. The van der Waals surface area contributed by atoms with Crippen LogP contribution in [-0.2, 0) is 4.79 Å². The fourth-order valence-corrected chi connectivity index (χ4v) is 1.93. The fourth-order valence-electron chi connectivity index (χ4n) is 1.17. The van der Waals surface area contributed by atoms with Crippen molar-refractivity contribution in [3.05, 3.63) is 24.0 Å². The lowest BCUT2D eigenvalue weighted by Crippen LogP contribution is -2.19. The van der Waals surface area contributed by atoms with E-state index in [0.29, 0.717) is 5.69 Å². The fraction of sp³-hybridized carbons (Fsp3) is 0.364. The third-order valence-electron chi connectivity index (χ3n) is 2.04. The number of nitrogen functional groups attached to an aromatic ring is 1. The molecule has 5 nitrogen and oxygen atoms in total. The van der Waals surface area contributed by atoms with Crippen molar-refractivity contribution in [2.45, 2.75) is 6.10 Å². The van der Waals surface area contributed by atoms with Gasteiger partial charge in [0.25, 0.3) is 0 Å². The standard InChI is InChI=1S/C11H15FN2O3S/c12-7-1-2-10(9(13)3-7)14-11(17)6-18-5-8(16)4-15/h1-3,8,15-16H,4-6,13H2,(H,14,17). The van der Waals surface area contributed by atoms with Crippen LogP contribution >= 0.6 is 11.8 Å². The van der Waals surface area contributed by atoms with Crippen molar-refractivity contribution in [1.29, 1.82) is 0 Å². The van der Waals surface area contributed by atoms with Crippen molar-refractivity contribution in [2.24, 2.45) is 0 Å². The van der Waals surface area contributed by atoms with Crippen LogP contribution in [0, 0.1) is 5.82 Å². The van der Waals surface area contributed by atoms with Gasteiger partial charge in [0.15, 0.2) is 0 Å². The van der Waals surface area contributed by atoms with E-state index in [-0.39, 0.29) is 29.7 Å². The number of nitrogens with one attached hydrogen (secondary N) is 1. The minimum Gasteiger partial charge on any atom is -0.397 e. The van der Waals surface area contributed by atoms with Crippen LogP contribution in [0.2, 0.25) is 0 Å². The summed E-state index contributed by atoms with van der Waals surface area (Å²) in [5, 5.41) is 20.2. The molecule has 0 spiro atoms. The second-order valence-corrected chi connectivity index (χ2v) is 4.66. The number of thioether (sulfide) groups is 1. The van der Waals surface area contributed by atoms with Gasteiger partial charge in [-0.15, -0.1) is 11.8 Å². The normalized spacial score (nSPS) is 12.2. The molecule has 0 heterocycles. The van der Waals surface area contributed by atoms with Gasteiger partial charge in [-0.1, -0.05) is 0 Å². The van der Waals surface area contributed by atoms with E-state index in [2.05, 4.69) is 5.32 Å². The summed E-state index contributed by atoms with van der Waals surface area (Å²) in [5.74, 6) is -0.383. The van der Waals surface area contributed by atoms with Gasteiger partial charge in [0.05, 0.1) is 29.8 Å². The van der Waals surface area contributed by atoms with Crippen LogP contribution in [0.15, 0.2) is 18.2 Å². The number of rotatable bonds is 6. The molecule has 0 aliphatic heterocycles. The Kier molecular flexibility index (Phi) is 5.90. The number of hydrogen-bond donors (Lipinski definition) is 4. The average Bonchev–Trinajstić information content (AvgIpc) is 2.32. The molecule has 7 heteroatoms. The maximum absolute atomic E-state index is 12.8. The summed E-state index contributed by atoms with van der Waals surface area (Å²) in [4.78, 5) is 11.5. The quantitative estimate of drug-likeness (QED) is 0.564. The zero-order chi connectivity index (χ0) is 13.5. The molecule has 1 amide bonds. The van der Waals surface area contributed by atoms with Crippen LogP contribution in [0.1, 0.15) is 0 Å². The minimum absolute atomic E-state index is 0.119. The van der Waals surface area contributed by atoms with Crippen LogP contribution in [0.5, 0.6) is 0 Å². The Bertz CT molecular complexity index is 417. The average molecular weight is 274 g/mol. The summed E-state index contributed by atoms with van der Waals surface area (Å²) in [6.07, 6.45) is -0.835. The molecule has 0 saturated heterocycles. The Hall–Kier alpha value is -1.31. The molecule has 18 heavy (non-hydrogen) atoms. The van der Waals surface area contributed by atoms with Gasteiger partial charge in [-0.3, -0.25) is 4.79 Å². The predicted molar refractivity (Wildman–Crippen MR) is 69.9 cm³/mol. The van der Waals surface area contributed by atoms with E-state index in [1.54, 1.807) is 0 Å². The van der Waals surface area contributed by atoms with Crippen molar-refractivity contribution in [1.82, 2.24) is 0 Å². The third-order valence-corrected chi connectivity index (χ3v) is 3.13. The number of hydrogen-bond acceptors (Lipinski definition) is 5. The van der Waals surface area contributed by atoms with Gasteiger partial charge in [0, 0.05) is 5.75 Å². The molecule has 5 N–H and O–H groups in total. The maximum Gasteiger partial charge on any atom is 0.234 e. The molecule has 1 unspecified atom stereocenters. The van der Waals surface area contributed by atoms with Crippen molar-refractivity contribution >= 4 is 29.0 Å². The number of anilines is 2. The molecule has 0 radical (unpaired) electrons. The molecular weight excluding hydrogens is 259 g/mol.